The molecule has 7 atom stereocenters. The standard InChI is InChI=1S/C29H35BF6N2O7/c1-13(2)10-20(30-44-23-22-17(26(41)42)12-19(43-22)27(23,3)45-30)37-25(40)21(14-6-4-5-7-14)38-24(39)16-11-15(28(31,32)33)8-9-18(16)29(34,35)36/h8-9,11,13-14,17,19-23H,4-7,10,12H2,1-3H3,(H,37,40)(H,38,39)(H,41,42)/t17?,19?,20-,21?,22?,23?,27?/m0/s1. The summed E-state index contributed by atoms with van der Waals surface area (Å²) in [6.07, 6.45) is -9.26. The lowest BCUT2D eigenvalue weighted by Crippen LogP contribution is -2.57. The fourth-order valence-corrected chi connectivity index (χ4v) is 7.14. The van der Waals surface area contributed by atoms with E-state index < -0.39 is 102 Å². The number of fused-ring (bicyclic) bond motifs is 5. The lowest BCUT2D eigenvalue weighted by atomic mass is 9.73. The molecule has 0 radical (unpaired) electrons. The molecule has 2 amide bonds. The van der Waals surface area contributed by atoms with Crippen LogP contribution in [0.25, 0.3) is 0 Å². The molecule has 6 unspecified atom stereocenters. The normalized spacial score (nSPS) is 29.6. The number of benzene rings is 1. The van der Waals surface area contributed by atoms with Gasteiger partial charge in [0.05, 0.1) is 46.9 Å². The first-order valence-corrected chi connectivity index (χ1v) is 15.0. The number of alkyl halides is 6. The highest BCUT2D eigenvalue weighted by molar-refractivity contribution is 6.48. The number of rotatable bonds is 9. The van der Waals surface area contributed by atoms with Gasteiger partial charge in [-0.2, -0.15) is 26.3 Å². The van der Waals surface area contributed by atoms with Crippen LogP contribution in [-0.4, -0.2) is 65.9 Å². The summed E-state index contributed by atoms with van der Waals surface area (Å²) >= 11 is 0. The van der Waals surface area contributed by atoms with Gasteiger partial charge < -0.3 is 29.8 Å². The van der Waals surface area contributed by atoms with Crippen LogP contribution in [0.3, 0.4) is 0 Å². The first-order chi connectivity index (χ1) is 20.9. The molecule has 9 nitrogen and oxygen atoms in total. The smallest absolute Gasteiger partial charge is 0.481 e. The van der Waals surface area contributed by atoms with E-state index >= 15 is 0 Å². The zero-order valence-electron chi connectivity index (χ0n) is 24.8. The maximum Gasteiger partial charge on any atom is 0.481 e. The highest BCUT2D eigenvalue weighted by Crippen LogP contribution is 2.52. The van der Waals surface area contributed by atoms with Gasteiger partial charge in [0.1, 0.15) is 11.6 Å². The Balaban J connectivity index is 1.38. The summed E-state index contributed by atoms with van der Waals surface area (Å²) in [5, 5.41) is 14.8. The Bertz CT molecular complexity index is 1320. The minimum Gasteiger partial charge on any atom is -0.481 e. The molecule has 1 aromatic rings. The van der Waals surface area contributed by atoms with Crippen molar-refractivity contribution in [2.24, 2.45) is 17.8 Å². The van der Waals surface area contributed by atoms with Gasteiger partial charge in [-0.05, 0) is 62.6 Å². The second kappa shape index (κ2) is 12.1. The van der Waals surface area contributed by atoms with E-state index in [9.17, 15) is 45.8 Å². The van der Waals surface area contributed by atoms with Crippen molar-refractivity contribution >= 4 is 24.9 Å². The van der Waals surface area contributed by atoms with E-state index in [-0.39, 0.29) is 30.5 Å². The van der Waals surface area contributed by atoms with Gasteiger partial charge in [0, 0.05) is 0 Å². The lowest BCUT2D eigenvalue weighted by Gasteiger charge is -2.33. The predicted octanol–water partition coefficient (Wildman–Crippen LogP) is 4.62. The van der Waals surface area contributed by atoms with Gasteiger partial charge in [-0.1, -0.05) is 26.7 Å². The van der Waals surface area contributed by atoms with Crippen LogP contribution in [0.15, 0.2) is 18.2 Å². The number of aliphatic carboxylic acids is 1. The van der Waals surface area contributed by atoms with E-state index in [1.807, 2.05) is 13.8 Å². The summed E-state index contributed by atoms with van der Waals surface area (Å²) < 4.78 is 99.7. The number of halogens is 6. The number of nitrogens with one attached hydrogen (secondary N) is 2. The highest BCUT2D eigenvalue weighted by atomic mass is 19.4. The third-order valence-electron chi connectivity index (χ3n) is 9.38. The molecule has 248 valence electrons. The van der Waals surface area contributed by atoms with Crippen molar-refractivity contribution < 1.29 is 59.9 Å². The number of hydrogen-bond acceptors (Lipinski definition) is 6. The molecule has 3 saturated heterocycles. The Morgan fingerprint density at radius 3 is 2.31 bits per heavy atom. The van der Waals surface area contributed by atoms with Crippen molar-refractivity contribution in [2.45, 2.75) is 108 Å². The summed E-state index contributed by atoms with van der Waals surface area (Å²) in [7, 11) is -1.02. The molecule has 0 aromatic heterocycles. The predicted molar refractivity (Wildman–Crippen MR) is 146 cm³/mol. The summed E-state index contributed by atoms with van der Waals surface area (Å²) in [6.45, 7) is 5.52. The number of carbonyl (C=O) groups excluding carboxylic acids is 2. The van der Waals surface area contributed by atoms with E-state index in [2.05, 4.69) is 10.6 Å². The number of carboxylic acid groups (broad SMARTS) is 1. The second-order valence-electron chi connectivity index (χ2n) is 13.0. The third kappa shape index (κ3) is 6.55. The average Bonchev–Trinajstić information content (AvgIpc) is 3.71. The Morgan fingerprint density at radius 1 is 1.07 bits per heavy atom. The highest BCUT2D eigenvalue weighted by Gasteiger charge is 2.69. The molecule has 16 heteroatoms. The Labute approximate surface area is 255 Å². The quantitative estimate of drug-likeness (QED) is 0.264. The topological polar surface area (TPSA) is 123 Å². The van der Waals surface area contributed by atoms with Gasteiger partial charge in [-0.3, -0.25) is 14.4 Å². The molecule has 3 heterocycles. The molecular formula is C29H35BF6N2O7. The largest absolute Gasteiger partial charge is 0.481 e. The number of carboxylic acids is 1. The number of ether oxygens (including phenoxy) is 1. The zero-order chi connectivity index (χ0) is 33.1. The van der Waals surface area contributed by atoms with Crippen LogP contribution < -0.4 is 10.6 Å². The SMILES string of the molecule is CC(C)C[C@H](NC(=O)C(NC(=O)c1cc(C(F)(F)F)ccc1C(F)(F)F)C1CCCC1)B1OC2C3OC(CC3C(=O)O)C2(C)O1. The monoisotopic (exact) mass is 648 g/mol. The Hall–Kier alpha value is -2.85. The molecular weight excluding hydrogens is 613 g/mol. The number of carbonyl (C=O) groups is 3. The first-order valence-electron chi connectivity index (χ1n) is 15.0. The maximum absolute atomic E-state index is 13.8. The molecule has 0 spiro atoms. The minimum atomic E-state index is -5.13. The Morgan fingerprint density at radius 2 is 1.73 bits per heavy atom. The van der Waals surface area contributed by atoms with Crippen molar-refractivity contribution in [2.75, 3.05) is 0 Å². The van der Waals surface area contributed by atoms with Crippen LogP contribution in [0, 0.1) is 17.8 Å². The van der Waals surface area contributed by atoms with Crippen molar-refractivity contribution in [1.82, 2.24) is 10.6 Å². The number of hydrogen-bond donors (Lipinski definition) is 3. The van der Waals surface area contributed by atoms with E-state index in [0.717, 1.165) is 0 Å². The van der Waals surface area contributed by atoms with Gasteiger partial charge in [0.25, 0.3) is 5.91 Å². The van der Waals surface area contributed by atoms with E-state index in [1.165, 1.54) is 0 Å². The van der Waals surface area contributed by atoms with Crippen LogP contribution in [0.5, 0.6) is 0 Å². The van der Waals surface area contributed by atoms with Crippen LogP contribution in [0.2, 0.25) is 0 Å². The molecule has 5 rings (SSSR count). The van der Waals surface area contributed by atoms with E-state index in [0.29, 0.717) is 32.1 Å². The van der Waals surface area contributed by atoms with Crippen LogP contribution in [0.4, 0.5) is 26.3 Å². The molecule has 2 bridgehead atoms. The summed E-state index contributed by atoms with van der Waals surface area (Å²) in [4.78, 5) is 38.8. The average molecular weight is 648 g/mol. The fraction of sp³-hybridized carbons (Fsp3) is 0.690. The molecule has 3 aliphatic heterocycles. The molecule has 4 aliphatic rings. The second-order valence-corrected chi connectivity index (χ2v) is 13.0. The maximum atomic E-state index is 13.8. The van der Waals surface area contributed by atoms with Crippen LogP contribution in [0.1, 0.15) is 80.8 Å². The third-order valence-corrected chi connectivity index (χ3v) is 9.38. The van der Waals surface area contributed by atoms with Crippen molar-refractivity contribution in [1.29, 1.82) is 0 Å². The van der Waals surface area contributed by atoms with E-state index in [4.69, 9.17) is 14.0 Å². The fourth-order valence-electron chi connectivity index (χ4n) is 7.14. The zero-order valence-corrected chi connectivity index (χ0v) is 24.8. The van der Waals surface area contributed by atoms with Gasteiger partial charge in [0.15, 0.2) is 0 Å². The van der Waals surface area contributed by atoms with E-state index in [1.54, 1.807) is 6.92 Å². The van der Waals surface area contributed by atoms with Crippen molar-refractivity contribution in [3.8, 4) is 0 Å². The van der Waals surface area contributed by atoms with Crippen LogP contribution >= 0.6 is 0 Å². The van der Waals surface area contributed by atoms with Gasteiger partial charge in [-0.25, -0.2) is 0 Å². The summed E-state index contributed by atoms with van der Waals surface area (Å²) in [6, 6.07) is -0.745. The van der Waals surface area contributed by atoms with Gasteiger partial charge >= 0.3 is 25.4 Å². The van der Waals surface area contributed by atoms with Crippen molar-refractivity contribution in [3.05, 3.63) is 34.9 Å². The van der Waals surface area contributed by atoms with Gasteiger partial charge in [0.2, 0.25) is 5.91 Å². The lowest BCUT2D eigenvalue weighted by molar-refractivity contribution is -0.145. The summed E-state index contributed by atoms with van der Waals surface area (Å²) in [5.41, 5.74) is -5.20. The molecule has 4 fully saturated rings. The number of amides is 2. The van der Waals surface area contributed by atoms with Gasteiger partial charge in [-0.15, -0.1) is 0 Å². The Kier molecular flexibility index (Phi) is 8.99. The molecule has 45 heavy (non-hydrogen) atoms. The molecule has 1 aliphatic carbocycles. The summed E-state index contributed by atoms with van der Waals surface area (Å²) in [5.74, 6) is -5.28. The first kappa shape index (κ1) is 33.5. The molecule has 1 saturated carbocycles. The minimum absolute atomic E-state index is 0.00513. The molecule has 1 aromatic carbocycles. The van der Waals surface area contributed by atoms with Crippen molar-refractivity contribution in [3.63, 3.8) is 0 Å². The molecule has 3 N–H and O–H groups in total. The van der Waals surface area contributed by atoms with Crippen LogP contribution in [-0.2, 0) is 36.0 Å².